The van der Waals surface area contributed by atoms with E-state index < -0.39 is 28.4 Å². The predicted octanol–water partition coefficient (Wildman–Crippen LogP) is -5.20. The standard InChI is InChI=1S/C14H40O6Si9/c1-15-12-9-11(14(17-3)13(10-12)16-2)7-8-27(29(23,24)25,26(18-4)19-5)28(21,22)20-6/h9-10,26H,7-8H2,1-6,21-25H3. The second-order valence-corrected chi connectivity index (χ2v) is 116. The monoisotopic (exact) mass is 556 g/mol. The van der Waals surface area contributed by atoms with Gasteiger partial charge in [-0.15, -0.1) is 0 Å². The van der Waals surface area contributed by atoms with Gasteiger partial charge in [-0.3, -0.25) is 0 Å². The Morgan fingerprint density at radius 3 is 1.79 bits per heavy atom. The molecule has 0 aliphatic heterocycles. The van der Waals surface area contributed by atoms with Gasteiger partial charge >= 0.3 is 0 Å². The summed E-state index contributed by atoms with van der Waals surface area (Å²) in [6.45, 7) is -3.34. The van der Waals surface area contributed by atoms with E-state index in [1.807, 2.05) is 27.4 Å². The summed E-state index contributed by atoms with van der Waals surface area (Å²) in [7, 11) is 15.7. The lowest BCUT2D eigenvalue weighted by Gasteiger charge is -2.52. The highest BCUT2D eigenvalue weighted by molar-refractivity contribution is 8.11. The van der Waals surface area contributed by atoms with Gasteiger partial charge in [-0.1, -0.05) is 6.04 Å². The molecule has 0 bridgehead atoms. The van der Waals surface area contributed by atoms with Gasteiger partial charge in [0.25, 0.3) is 8.80 Å². The molecule has 6 nitrogen and oxygen atoms in total. The minimum atomic E-state index is -1.71. The molecule has 1 rings (SSSR count). The molecule has 0 N–H and O–H groups in total. The number of methoxy groups -OCH3 is 3. The summed E-state index contributed by atoms with van der Waals surface area (Å²) < 4.78 is 35.8. The number of hydrogen-bond acceptors (Lipinski definition) is 6. The maximum atomic E-state index is 6.47. The fourth-order valence-electron chi connectivity index (χ4n) is 4.67. The number of ether oxygens (including phenoxy) is 3. The van der Waals surface area contributed by atoms with E-state index in [-0.39, 0.29) is 0 Å². The lowest BCUT2D eigenvalue weighted by atomic mass is 10.1. The van der Waals surface area contributed by atoms with E-state index in [0.29, 0.717) is 0 Å². The van der Waals surface area contributed by atoms with Crippen LogP contribution in [0.25, 0.3) is 0 Å². The smallest absolute Gasteiger partial charge is 0.296 e. The average Bonchev–Trinajstić information content (AvgIpc) is 2.68. The Labute approximate surface area is 194 Å². The van der Waals surface area contributed by atoms with E-state index in [1.165, 1.54) is 60.4 Å². The van der Waals surface area contributed by atoms with Crippen LogP contribution in [0.1, 0.15) is 5.56 Å². The molecule has 0 fully saturated rings. The van der Waals surface area contributed by atoms with Crippen LogP contribution in [0.15, 0.2) is 12.1 Å². The molecular formula is C14H40O6Si9. The van der Waals surface area contributed by atoms with Gasteiger partial charge in [0, 0.05) is 58.6 Å². The van der Waals surface area contributed by atoms with Crippen molar-refractivity contribution in [3.8, 4) is 17.2 Å². The molecule has 1 aromatic rings. The maximum Gasteiger partial charge on any atom is 0.296 e. The Bertz CT molecular complexity index is 668. The molecule has 1 unspecified atom stereocenters. The number of hydrogen-bond donors (Lipinski definition) is 0. The molecule has 0 aromatic heterocycles. The van der Waals surface area contributed by atoms with E-state index in [2.05, 4.69) is 6.07 Å². The lowest BCUT2D eigenvalue weighted by molar-refractivity contribution is 0.296. The zero-order chi connectivity index (χ0) is 22.5. The van der Waals surface area contributed by atoms with Crippen molar-refractivity contribution in [2.75, 3.05) is 42.7 Å². The van der Waals surface area contributed by atoms with E-state index in [4.69, 9.17) is 27.5 Å². The molecule has 29 heavy (non-hydrogen) atoms. The minimum absolute atomic E-state index is 0.736. The summed E-state index contributed by atoms with van der Waals surface area (Å²) in [5.41, 5.74) is 1.17. The number of aryl methyl sites for hydroxylation is 1. The van der Waals surface area contributed by atoms with Crippen molar-refractivity contribution >= 4 is 77.2 Å². The Kier molecular flexibility index (Phi) is 10.8. The molecule has 0 saturated heterocycles. The molecule has 0 aliphatic carbocycles. The Morgan fingerprint density at radius 1 is 0.828 bits per heavy atom. The van der Waals surface area contributed by atoms with Crippen LogP contribution >= 0.6 is 0 Å². The number of benzene rings is 1. The Balaban J connectivity index is 3.57. The molecule has 168 valence electrons. The van der Waals surface area contributed by atoms with Crippen molar-refractivity contribution in [1.29, 1.82) is 0 Å². The molecular weight excluding hydrogens is 517 g/mol. The second kappa shape index (κ2) is 11.4. The van der Waals surface area contributed by atoms with Gasteiger partial charge < -0.3 is 27.5 Å². The van der Waals surface area contributed by atoms with Crippen LogP contribution in [0.3, 0.4) is 0 Å². The fraction of sp³-hybridized carbons (Fsp3) is 0.571. The van der Waals surface area contributed by atoms with Crippen LogP contribution in [0.4, 0.5) is 0 Å². The van der Waals surface area contributed by atoms with Crippen LogP contribution in [0.5, 0.6) is 17.2 Å². The molecule has 1 atom stereocenters. The molecule has 0 spiro atoms. The summed E-state index contributed by atoms with van der Waals surface area (Å²) >= 11 is 0. The van der Waals surface area contributed by atoms with E-state index in [0.717, 1.165) is 23.7 Å². The summed E-state index contributed by atoms with van der Waals surface area (Å²) in [5, 5.41) is 0. The van der Waals surface area contributed by atoms with E-state index >= 15 is 0 Å². The zero-order valence-electron chi connectivity index (χ0n) is 20.1. The summed E-state index contributed by atoms with van der Waals surface area (Å²) in [6, 6.07) is 5.24. The van der Waals surface area contributed by atoms with Crippen molar-refractivity contribution in [2.24, 2.45) is 0 Å². The third kappa shape index (κ3) is 5.63. The van der Waals surface area contributed by atoms with Crippen molar-refractivity contribution in [3.63, 3.8) is 0 Å². The van der Waals surface area contributed by atoms with Gasteiger partial charge in [-0.05, 0) is 41.8 Å². The third-order valence-corrected chi connectivity index (χ3v) is 158. The van der Waals surface area contributed by atoms with Crippen molar-refractivity contribution in [1.82, 2.24) is 0 Å². The normalized spacial score (nSPS) is 18.4. The minimum Gasteiger partial charge on any atom is -0.497 e. The van der Waals surface area contributed by atoms with Gasteiger partial charge in [-0.2, -0.15) is 0 Å². The first-order chi connectivity index (χ1) is 13.5. The van der Waals surface area contributed by atoms with E-state index in [1.54, 1.807) is 21.3 Å². The first-order valence-corrected chi connectivity index (χ1v) is 38.3. The molecule has 1 aromatic carbocycles. The predicted molar refractivity (Wildman–Crippen MR) is 150 cm³/mol. The van der Waals surface area contributed by atoms with Gasteiger partial charge in [0.15, 0.2) is 11.5 Å². The SMILES string of the molecule is COc1cc(CC[Si]([SiH](OC)OC)([Si]([SiH3])([SiH3])[SiH3])[Si]([SiH3])([SiH3])OC)c(OC)c(OC)c1. The van der Waals surface area contributed by atoms with Gasteiger partial charge in [0.2, 0.25) is 0 Å². The topological polar surface area (TPSA) is 55.4 Å². The highest BCUT2D eigenvalue weighted by Gasteiger charge is 2.63. The summed E-state index contributed by atoms with van der Waals surface area (Å²) in [5.74, 6) is 2.38. The lowest BCUT2D eigenvalue weighted by Crippen LogP contribution is -2.88. The van der Waals surface area contributed by atoms with Gasteiger partial charge in [0.05, 0.1) is 21.3 Å². The van der Waals surface area contributed by atoms with E-state index in [9.17, 15) is 0 Å². The maximum absolute atomic E-state index is 6.47. The number of rotatable bonds is 12. The van der Waals surface area contributed by atoms with Crippen LogP contribution < -0.4 is 14.2 Å². The summed E-state index contributed by atoms with van der Waals surface area (Å²) in [6.07, 6.45) is -0.178. The van der Waals surface area contributed by atoms with Crippen molar-refractivity contribution in [3.05, 3.63) is 17.7 Å². The van der Waals surface area contributed by atoms with Gasteiger partial charge in [0.1, 0.15) is 19.2 Å². The highest BCUT2D eigenvalue weighted by Crippen LogP contribution is 2.38. The highest BCUT2D eigenvalue weighted by atomic mass is 30.4. The first-order valence-electron chi connectivity index (χ1n) is 9.89. The molecule has 0 radical (unpaired) electrons. The largest absolute Gasteiger partial charge is 0.497 e. The zero-order valence-corrected chi connectivity index (χ0v) is 34.3. The van der Waals surface area contributed by atoms with Crippen molar-refractivity contribution in [2.45, 2.75) is 12.5 Å². The average molecular weight is 557 g/mol. The van der Waals surface area contributed by atoms with Crippen LogP contribution in [0.2, 0.25) is 6.04 Å². The summed E-state index contributed by atoms with van der Waals surface area (Å²) in [4.78, 5) is 0. The van der Waals surface area contributed by atoms with Crippen molar-refractivity contribution < 1.29 is 27.5 Å². The molecule has 0 amide bonds. The van der Waals surface area contributed by atoms with Gasteiger partial charge in [-0.25, -0.2) is 0 Å². The Morgan fingerprint density at radius 2 is 1.41 bits per heavy atom. The van der Waals surface area contributed by atoms with Crippen LogP contribution in [-0.4, -0.2) is 120 Å². The van der Waals surface area contributed by atoms with Crippen LogP contribution in [0, 0.1) is 0 Å². The molecule has 0 saturated carbocycles. The first kappa shape index (κ1) is 27.5. The van der Waals surface area contributed by atoms with Crippen LogP contribution in [-0.2, 0) is 19.7 Å². The second-order valence-electron chi connectivity index (χ2n) is 8.76. The molecule has 15 heteroatoms. The quantitative estimate of drug-likeness (QED) is 0.240. The fourth-order valence-corrected chi connectivity index (χ4v) is 277. The molecule has 0 aliphatic rings. The third-order valence-electron chi connectivity index (χ3n) is 6.31. The Hall–Kier alpha value is 0.452. The molecule has 0 heterocycles.